The zero-order chi connectivity index (χ0) is 25.9. The molecule has 0 aliphatic carbocycles. The van der Waals surface area contributed by atoms with Crippen LogP contribution in [0.5, 0.6) is 5.75 Å². The topological polar surface area (TPSA) is 123 Å². The average Bonchev–Trinajstić information content (AvgIpc) is 3.53. The number of aromatic nitrogens is 1. The molecule has 4 aromatic rings. The Labute approximate surface area is 216 Å². The van der Waals surface area contributed by atoms with Crippen LogP contribution in [0.1, 0.15) is 17.2 Å². The van der Waals surface area contributed by atoms with Crippen LogP contribution < -0.4 is 10.2 Å². The molecule has 2 saturated heterocycles. The third-order valence-corrected chi connectivity index (χ3v) is 7.79. The third-order valence-electron chi connectivity index (χ3n) is 7.54. The number of halogens is 1. The van der Waals surface area contributed by atoms with Gasteiger partial charge in [0.05, 0.1) is 17.5 Å². The van der Waals surface area contributed by atoms with E-state index in [0.29, 0.717) is 21.8 Å². The van der Waals surface area contributed by atoms with Gasteiger partial charge in [0, 0.05) is 40.1 Å². The van der Waals surface area contributed by atoms with Crippen molar-refractivity contribution >= 4 is 46.0 Å². The number of aliphatic carboxylic acids is 1. The summed E-state index contributed by atoms with van der Waals surface area (Å²) >= 11 is 6.01. The summed E-state index contributed by atoms with van der Waals surface area (Å²) in [6.45, 7) is 0. The lowest BCUT2D eigenvalue weighted by Gasteiger charge is -2.31. The lowest BCUT2D eigenvalue weighted by Crippen LogP contribution is -2.57. The van der Waals surface area contributed by atoms with E-state index in [1.807, 2.05) is 24.3 Å². The molecule has 186 valence electrons. The van der Waals surface area contributed by atoms with Crippen molar-refractivity contribution in [2.75, 3.05) is 4.90 Å². The molecule has 37 heavy (non-hydrogen) atoms. The van der Waals surface area contributed by atoms with E-state index in [2.05, 4.69) is 10.3 Å². The zero-order valence-electron chi connectivity index (χ0n) is 19.4. The number of phenolic OH excluding ortho intramolecular Hbond substituents is 1. The summed E-state index contributed by atoms with van der Waals surface area (Å²) in [4.78, 5) is 45.1. The van der Waals surface area contributed by atoms with Gasteiger partial charge in [0.1, 0.15) is 11.3 Å². The molecular weight excluding hydrogens is 494 g/mol. The van der Waals surface area contributed by atoms with E-state index in [1.54, 1.807) is 48.7 Å². The Balaban J connectivity index is 1.52. The fourth-order valence-corrected chi connectivity index (χ4v) is 6.00. The highest BCUT2D eigenvalue weighted by molar-refractivity contribution is 6.31. The van der Waals surface area contributed by atoms with E-state index in [-0.39, 0.29) is 12.2 Å². The molecule has 0 bridgehead atoms. The molecule has 6 rings (SSSR count). The number of para-hydroxylation sites is 2. The number of amides is 2. The summed E-state index contributed by atoms with van der Waals surface area (Å²) in [5.41, 5.74) is 0.403. The monoisotopic (exact) mass is 515 g/mol. The number of carbonyl (C=O) groups is 3. The summed E-state index contributed by atoms with van der Waals surface area (Å²) in [6.07, 6.45) is 1.68. The molecular formula is C28H22ClN3O5. The predicted octanol–water partition coefficient (Wildman–Crippen LogP) is 4.04. The number of aromatic amines is 1. The number of carboxylic acid groups (broad SMARTS) is 1. The van der Waals surface area contributed by atoms with E-state index in [4.69, 9.17) is 11.6 Å². The molecule has 3 heterocycles. The van der Waals surface area contributed by atoms with Gasteiger partial charge in [0.15, 0.2) is 0 Å². The Kier molecular flexibility index (Phi) is 5.33. The van der Waals surface area contributed by atoms with Crippen LogP contribution in [0, 0.1) is 11.8 Å². The molecule has 1 aromatic heterocycles. The third kappa shape index (κ3) is 3.44. The standard InChI is InChI=1S/C28H22ClN3O5/c29-16-9-11-17(12-10-16)32-25(34)22-23(26(32)35)28(27(36)37,31-24(22)19-6-2-4-8-21(19)33)13-15-14-30-20-7-3-1-5-18(15)20/h1-12,14,22-24,30-31,33H,13H2,(H,36,37)/t22-,23-,24+,28-/m0/s1. The van der Waals surface area contributed by atoms with Crippen molar-refractivity contribution in [3.8, 4) is 5.75 Å². The van der Waals surface area contributed by atoms with Gasteiger partial charge < -0.3 is 15.2 Å². The SMILES string of the molecule is O=C1[C@@H]2[C@@H](c3ccccc3O)N[C@](Cc3c[nH]c4ccccc34)(C(=O)O)[C@@H]2C(=O)N1c1ccc(Cl)cc1. The Morgan fingerprint density at radius 2 is 1.68 bits per heavy atom. The van der Waals surface area contributed by atoms with Gasteiger partial charge in [-0.1, -0.05) is 48.0 Å². The number of nitrogens with one attached hydrogen (secondary N) is 2. The second kappa shape index (κ2) is 8.47. The average molecular weight is 516 g/mol. The van der Waals surface area contributed by atoms with E-state index >= 15 is 0 Å². The van der Waals surface area contributed by atoms with Crippen molar-refractivity contribution in [3.63, 3.8) is 0 Å². The summed E-state index contributed by atoms with van der Waals surface area (Å²) < 4.78 is 0. The minimum Gasteiger partial charge on any atom is -0.508 e. The molecule has 2 aliphatic rings. The minimum atomic E-state index is -1.81. The lowest BCUT2D eigenvalue weighted by atomic mass is 9.76. The number of H-pyrrole nitrogens is 1. The van der Waals surface area contributed by atoms with Crippen LogP contribution >= 0.6 is 11.6 Å². The molecule has 3 aromatic carbocycles. The number of carbonyl (C=O) groups excluding carboxylic acids is 2. The second-order valence-corrected chi connectivity index (χ2v) is 9.92. The number of nitrogens with zero attached hydrogens (tertiary/aromatic N) is 1. The largest absolute Gasteiger partial charge is 0.508 e. The first-order valence-corrected chi connectivity index (χ1v) is 12.2. The van der Waals surface area contributed by atoms with E-state index in [0.717, 1.165) is 15.8 Å². The van der Waals surface area contributed by atoms with Crippen molar-refractivity contribution in [2.24, 2.45) is 11.8 Å². The fraction of sp³-hybridized carbons (Fsp3) is 0.179. The zero-order valence-corrected chi connectivity index (χ0v) is 20.1. The summed E-state index contributed by atoms with van der Waals surface area (Å²) in [6, 6.07) is 19.3. The minimum absolute atomic E-state index is 0.0505. The quantitative estimate of drug-likeness (QED) is 0.297. The lowest BCUT2D eigenvalue weighted by molar-refractivity contribution is -0.148. The number of phenols is 1. The van der Waals surface area contributed by atoms with Crippen LogP contribution in [0.3, 0.4) is 0 Å². The second-order valence-electron chi connectivity index (χ2n) is 9.49. The van der Waals surface area contributed by atoms with Gasteiger partial charge in [-0.15, -0.1) is 0 Å². The molecule has 0 saturated carbocycles. The van der Waals surface area contributed by atoms with Crippen LogP contribution in [-0.2, 0) is 20.8 Å². The molecule has 2 amide bonds. The number of fused-ring (bicyclic) bond motifs is 2. The van der Waals surface area contributed by atoms with Crippen molar-refractivity contribution in [3.05, 3.63) is 95.1 Å². The van der Waals surface area contributed by atoms with Gasteiger partial charge in [-0.05, 0) is 42.0 Å². The van der Waals surface area contributed by atoms with Crippen molar-refractivity contribution in [1.29, 1.82) is 0 Å². The Morgan fingerprint density at radius 1 is 0.973 bits per heavy atom. The Hall–Kier alpha value is -4.14. The first-order valence-electron chi connectivity index (χ1n) is 11.8. The number of hydrogen-bond donors (Lipinski definition) is 4. The number of aromatic hydroxyl groups is 1. The Bertz CT molecular complexity index is 1570. The van der Waals surface area contributed by atoms with Crippen molar-refractivity contribution < 1.29 is 24.6 Å². The van der Waals surface area contributed by atoms with E-state index in [9.17, 15) is 24.6 Å². The molecule has 0 unspecified atom stereocenters. The van der Waals surface area contributed by atoms with Gasteiger partial charge >= 0.3 is 5.97 Å². The van der Waals surface area contributed by atoms with E-state index in [1.165, 1.54) is 6.07 Å². The van der Waals surface area contributed by atoms with Crippen molar-refractivity contribution in [2.45, 2.75) is 18.0 Å². The highest BCUT2D eigenvalue weighted by Crippen LogP contribution is 2.52. The van der Waals surface area contributed by atoms with Crippen LogP contribution in [0.25, 0.3) is 10.9 Å². The highest BCUT2D eigenvalue weighted by atomic mass is 35.5. The summed E-state index contributed by atoms with van der Waals surface area (Å²) in [5.74, 6) is -4.73. The maximum absolute atomic E-state index is 14.0. The summed E-state index contributed by atoms with van der Waals surface area (Å²) in [5, 5.41) is 25.7. The van der Waals surface area contributed by atoms with Crippen molar-refractivity contribution in [1.82, 2.24) is 10.3 Å². The van der Waals surface area contributed by atoms with Gasteiger partial charge in [-0.3, -0.25) is 19.7 Å². The van der Waals surface area contributed by atoms with Gasteiger partial charge in [0.2, 0.25) is 11.8 Å². The molecule has 2 aliphatic heterocycles. The fourth-order valence-electron chi connectivity index (χ4n) is 5.88. The predicted molar refractivity (Wildman–Crippen MR) is 137 cm³/mol. The number of hydrogen-bond acceptors (Lipinski definition) is 5. The number of carboxylic acids is 1. The van der Waals surface area contributed by atoms with Crippen LogP contribution in [0.15, 0.2) is 79.0 Å². The smallest absolute Gasteiger partial charge is 0.325 e. The Morgan fingerprint density at radius 3 is 2.41 bits per heavy atom. The number of imide groups is 1. The van der Waals surface area contributed by atoms with E-state index < -0.39 is 41.2 Å². The molecule has 0 radical (unpaired) electrons. The van der Waals surface area contributed by atoms with Crippen LogP contribution in [0.4, 0.5) is 5.69 Å². The first-order chi connectivity index (χ1) is 17.8. The maximum atomic E-state index is 14.0. The molecule has 2 fully saturated rings. The molecule has 0 spiro atoms. The molecule has 9 heteroatoms. The number of anilines is 1. The molecule has 8 nitrogen and oxygen atoms in total. The normalized spacial score (nSPS) is 25.1. The summed E-state index contributed by atoms with van der Waals surface area (Å²) in [7, 11) is 0. The van der Waals surface area contributed by atoms with Gasteiger partial charge in [0.25, 0.3) is 0 Å². The molecule has 4 atom stereocenters. The number of benzene rings is 3. The first kappa shape index (κ1) is 23.3. The van der Waals surface area contributed by atoms with Crippen LogP contribution in [0.2, 0.25) is 5.02 Å². The maximum Gasteiger partial charge on any atom is 0.325 e. The molecule has 4 N–H and O–H groups in total. The highest BCUT2D eigenvalue weighted by Gasteiger charge is 2.69. The van der Waals surface area contributed by atoms with Crippen LogP contribution in [-0.4, -0.2) is 38.5 Å². The van der Waals surface area contributed by atoms with Gasteiger partial charge in [-0.25, -0.2) is 4.90 Å². The van der Waals surface area contributed by atoms with Gasteiger partial charge in [-0.2, -0.15) is 0 Å². The number of rotatable bonds is 5.